The molecule has 4 aliphatic carbocycles. The Morgan fingerprint density at radius 1 is 0.434 bits per heavy atom. The van der Waals surface area contributed by atoms with Crippen molar-refractivity contribution >= 4 is 0 Å². The predicted octanol–water partition coefficient (Wildman–Crippen LogP) is 10.6. The smallest absolute Gasteiger partial charge is 0.148 e. The van der Waals surface area contributed by atoms with E-state index in [1.165, 1.54) is 24.3 Å². The number of halogens is 4. The minimum Gasteiger partial charge on any atom is -0.342 e. The minimum absolute atomic E-state index is 0.224. The number of allylic oxidation sites excluding steroid dienone is 16. The lowest BCUT2D eigenvalue weighted by molar-refractivity contribution is -0.373. The Bertz CT molecular complexity index is 1280. The lowest BCUT2D eigenvalue weighted by Crippen LogP contribution is -2.43. The first-order valence-corrected chi connectivity index (χ1v) is 18.6. The van der Waals surface area contributed by atoms with Crippen LogP contribution >= 0.6 is 0 Å². The first-order chi connectivity index (χ1) is 25.1. The average molecular weight is 753 g/mol. The zero-order valence-corrected chi connectivity index (χ0v) is 32.2. The van der Waals surface area contributed by atoms with E-state index in [9.17, 15) is 0 Å². The van der Waals surface area contributed by atoms with Crippen LogP contribution in [0.3, 0.4) is 0 Å². The Morgan fingerprint density at radius 2 is 0.642 bits per heavy atom. The highest BCUT2D eigenvalue weighted by molar-refractivity contribution is 5.27. The molecule has 0 fully saturated rings. The largest absolute Gasteiger partial charge is 0.342 e. The number of hydrogen-bond acceptors (Lipinski definition) is 8. The molecule has 0 saturated heterocycles. The van der Waals surface area contributed by atoms with Crippen molar-refractivity contribution in [3.63, 3.8) is 0 Å². The van der Waals surface area contributed by atoms with Crippen LogP contribution in [-0.2, 0) is 39.1 Å². The minimum atomic E-state index is -1.63. The van der Waals surface area contributed by atoms with Gasteiger partial charge in [0.15, 0.2) is 0 Å². The fourth-order valence-electron chi connectivity index (χ4n) is 6.55. The molecule has 296 valence electrons. The highest BCUT2D eigenvalue weighted by Gasteiger charge is 2.43. The summed E-state index contributed by atoms with van der Waals surface area (Å²) in [5.74, 6) is -1.61. The van der Waals surface area contributed by atoms with Crippen molar-refractivity contribution in [2.75, 3.05) is 26.4 Å². The molecule has 8 unspecified atom stereocenters. The summed E-state index contributed by atoms with van der Waals surface area (Å²) in [6.45, 7) is 12.5. The molecule has 0 amide bonds. The predicted molar refractivity (Wildman–Crippen MR) is 193 cm³/mol. The highest BCUT2D eigenvalue weighted by atomic mass is 19.2. The van der Waals surface area contributed by atoms with Crippen LogP contribution < -0.4 is 0 Å². The molecular formula is C41H56F4O8. The lowest BCUT2D eigenvalue weighted by atomic mass is 9.83. The third-order valence-electron chi connectivity index (χ3n) is 11.4. The van der Waals surface area contributed by atoms with Gasteiger partial charge in [-0.25, -0.2) is 17.6 Å². The van der Waals surface area contributed by atoms with Gasteiger partial charge in [0.2, 0.25) is 0 Å². The van der Waals surface area contributed by atoms with Gasteiger partial charge in [-0.1, -0.05) is 79.7 Å². The second-order valence-corrected chi connectivity index (χ2v) is 14.6. The molecular weight excluding hydrogens is 696 g/mol. The summed E-state index contributed by atoms with van der Waals surface area (Å²) in [6.07, 6.45) is 19.6. The quantitative estimate of drug-likeness (QED) is 0.0691. The molecule has 0 N–H and O–H groups in total. The fraction of sp³-hybridized carbons (Fsp3) is 0.610. The molecule has 0 aromatic carbocycles. The Balaban J connectivity index is 1.57. The summed E-state index contributed by atoms with van der Waals surface area (Å²) in [4.78, 5) is 45.8. The highest BCUT2D eigenvalue weighted by Crippen LogP contribution is 2.41. The van der Waals surface area contributed by atoms with Crippen LogP contribution in [0.2, 0.25) is 0 Å². The Hall–Kier alpha value is -3.32. The summed E-state index contributed by atoms with van der Waals surface area (Å²) in [6, 6.07) is 0. The summed E-state index contributed by atoms with van der Waals surface area (Å²) in [7, 11) is 0. The van der Waals surface area contributed by atoms with Gasteiger partial charge in [0, 0.05) is 0 Å². The van der Waals surface area contributed by atoms with E-state index in [2.05, 4.69) is 0 Å². The first-order valence-electron chi connectivity index (χ1n) is 18.6. The molecule has 0 aromatic rings. The van der Waals surface area contributed by atoms with Crippen LogP contribution in [0.25, 0.3) is 0 Å². The van der Waals surface area contributed by atoms with Gasteiger partial charge in [0.1, 0.15) is 72.1 Å². The van der Waals surface area contributed by atoms with E-state index in [1.807, 2.05) is 0 Å². The first kappa shape index (κ1) is 42.4. The number of alkyl halides is 4. The summed E-state index contributed by atoms with van der Waals surface area (Å²) in [5.41, 5.74) is -7.90. The van der Waals surface area contributed by atoms with E-state index in [1.54, 1.807) is 104 Å². The second kappa shape index (κ2) is 17.9. The normalized spacial score (nSPS) is 34.8. The topological polar surface area (TPSA) is 73.8 Å². The van der Waals surface area contributed by atoms with E-state index in [-0.39, 0.29) is 75.1 Å². The van der Waals surface area contributed by atoms with Crippen LogP contribution in [0, 0.1) is 29.1 Å². The number of hydrogen-bond donors (Lipinski definition) is 0. The molecule has 0 aliphatic heterocycles. The molecule has 8 atom stereocenters. The van der Waals surface area contributed by atoms with Gasteiger partial charge >= 0.3 is 0 Å². The van der Waals surface area contributed by atoms with Gasteiger partial charge in [0.25, 0.3) is 0 Å². The van der Waals surface area contributed by atoms with Gasteiger partial charge in [-0.15, -0.1) is 0 Å². The molecule has 12 heteroatoms. The third kappa shape index (κ3) is 9.68. The van der Waals surface area contributed by atoms with E-state index in [4.69, 9.17) is 39.1 Å². The van der Waals surface area contributed by atoms with Crippen molar-refractivity contribution in [1.82, 2.24) is 0 Å². The van der Waals surface area contributed by atoms with Gasteiger partial charge in [-0.3, -0.25) is 0 Å². The molecule has 53 heavy (non-hydrogen) atoms. The second-order valence-electron chi connectivity index (χ2n) is 14.6. The summed E-state index contributed by atoms with van der Waals surface area (Å²) < 4.78 is 62.0. The third-order valence-corrected chi connectivity index (χ3v) is 11.4. The van der Waals surface area contributed by atoms with Crippen molar-refractivity contribution in [1.29, 1.82) is 0 Å². The Kier molecular flexibility index (Phi) is 14.3. The molecule has 4 aliphatic rings. The molecule has 8 nitrogen and oxygen atoms in total. The zero-order chi connectivity index (χ0) is 38.9. The average Bonchev–Trinajstić information content (AvgIpc) is 3.15. The standard InChI is InChI=1S/C41H56F4O8/c1-9-38(42)21-13-17-33(29(38)5)50-46-25-37(26-47-51-34-18-14-22-39(43,10-2)30(34)6,27-48-52-35-19-15-23-40(44,11-3)31(35)7)28-49-53-36-20-16-24-41(45,12-4)32(36)8/h13-24,29-32H,9-12,25-28H2,1-8H3. The van der Waals surface area contributed by atoms with Gasteiger partial charge < -0.3 is 19.6 Å². The molecule has 0 heterocycles. The van der Waals surface area contributed by atoms with Crippen molar-refractivity contribution in [2.45, 2.75) is 104 Å². The van der Waals surface area contributed by atoms with Crippen LogP contribution in [0.1, 0.15) is 81.1 Å². The van der Waals surface area contributed by atoms with Crippen molar-refractivity contribution in [3.8, 4) is 0 Å². The van der Waals surface area contributed by atoms with Crippen molar-refractivity contribution in [3.05, 3.63) is 95.9 Å². The fourth-order valence-corrected chi connectivity index (χ4v) is 6.55. The maximum atomic E-state index is 15.5. The monoisotopic (exact) mass is 752 g/mol. The lowest BCUT2D eigenvalue weighted by Gasteiger charge is -2.35. The number of rotatable bonds is 20. The van der Waals surface area contributed by atoms with E-state index in [0.717, 1.165) is 0 Å². The van der Waals surface area contributed by atoms with Crippen LogP contribution in [-0.4, -0.2) is 49.1 Å². The molecule has 0 spiro atoms. The van der Waals surface area contributed by atoms with Crippen LogP contribution in [0.15, 0.2) is 95.9 Å². The Morgan fingerprint density at radius 3 is 0.830 bits per heavy atom. The zero-order valence-electron chi connectivity index (χ0n) is 32.2. The summed E-state index contributed by atoms with van der Waals surface area (Å²) >= 11 is 0. The van der Waals surface area contributed by atoms with Crippen LogP contribution in [0.5, 0.6) is 0 Å². The maximum Gasteiger partial charge on any atom is 0.148 e. The van der Waals surface area contributed by atoms with E-state index in [0.29, 0.717) is 0 Å². The Labute approximate surface area is 311 Å². The molecule has 0 radical (unpaired) electrons. The van der Waals surface area contributed by atoms with E-state index >= 15 is 17.6 Å². The molecule has 4 rings (SSSR count). The molecule has 0 aromatic heterocycles. The van der Waals surface area contributed by atoms with Crippen molar-refractivity contribution < 1.29 is 56.7 Å². The molecule has 0 saturated carbocycles. The SMILES string of the molecule is CCC1(F)C=CC=C(OOCC(COOC2=CC=CC(F)(CC)C2C)(COOC2=CC=CC(F)(CC)C2C)COOC2=CC=CC(F)(CC)C2C)C1C. The molecule has 0 bridgehead atoms. The maximum absolute atomic E-state index is 15.5. The van der Waals surface area contributed by atoms with Crippen LogP contribution in [0.4, 0.5) is 17.6 Å². The van der Waals surface area contributed by atoms with Crippen molar-refractivity contribution in [2.24, 2.45) is 29.1 Å². The van der Waals surface area contributed by atoms with E-state index < -0.39 is 51.8 Å². The van der Waals surface area contributed by atoms with Gasteiger partial charge in [-0.05, 0) is 74.3 Å². The van der Waals surface area contributed by atoms with Gasteiger partial charge in [0.05, 0.1) is 29.1 Å². The van der Waals surface area contributed by atoms with Gasteiger partial charge in [-0.2, -0.15) is 19.6 Å². The summed E-state index contributed by atoms with van der Waals surface area (Å²) in [5, 5.41) is 0.